The van der Waals surface area contributed by atoms with Crippen LogP contribution >= 0.6 is 11.3 Å². The van der Waals surface area contributed by atoms with Crippen LogP contribution in [0.4, 0.5) is 0 Å². The summed E-state index contributed by atoms with van der Waals surface area (Å²) >= 11 is 1.74. The van der Waals surface area contributed by atoms with E-state index in [4.69, 9.17) is 15.0 Å². The van der Waals surface area contributed by atoms with Gasteiger partial charge in [0.1, 0.15) is 0 Å². The van der Waals surface area contributed by atoms with Gasteiger partial charge in [-0.25, -0.2) is 15.0 Å². The molecular formula is C43H36N4S. The molecule has 2 aliphatic rings. The molecule has 0 saturated heterocycles. The summed E-state index contributed by atoms with van der Waals surface area (Å²) in [5, 5.41) is 14.1. The zero-order valence-electron chi connectivity index (χ0n) is 27.3. The number of nitrogens with zero attached hydrogens (tertiary/aromatic N) is 4. The molecule has 5 heteroatoms. The van der Waals surface area contributed by atoms with Crippen LogP contribution in [0.15, 0.2) is 103 Å². The quantitative estimate of drug-likeness (QED) is 0.192. The predicted octanol–water partition coefficient (Wildman–Crippen LogP) is 11.4. The minimum absolute atomic E-state index is 0.281. The summed E-state index contributed by atoms with van der Waals surface area (Å²) in [6.07, 6.45) is 6.64. The average molecular weight is 641 g/mol. The van der Waals surface area contributed by atoms with Crippen LogP contribution in [-0.2, 0) is 5.41 Å². The molecule has 4 nitrogen and oxygen atoms in total. The fraction of sp³-hybridized carbons (Fsp3) is 0.256. The first-order valence-electron chi connectivity index (χ1n) is 17.2. The van der Waals surface area contributed by atoms with Gasteiger partial charge in [-0.2, -0.15) is 5.26 Å². The summed E-state index contributed by atoms with van der Waals surface area (Å²) in [6.45, 7) is 4.90. The predicted molar refractivity (Wildman–Crippen MR) is 198 cm³/mol. The maximum Gasteiger partial charge on any atom is 0.164 e. The molecule has 0 aliphatic heterocycles. The lowest BCUT2D eigenvalue weighted by Gasteiger charge is -2.50. The fourth-order valence-electron chi connectivity index (χ4n) is 9.11. The van der Waals surface area contributed by atoms with Crippen LogP contribution in [0, 0.1) is 29.1 Å². The van der Waals surface area contributed by atoms with Gasteiger partial charge in [0.2, 0.25) is 0 Å². The Morgan fingerprint density at radius 2 is 1.21 bits per heavy atom. The number of nitriles is 1. The molecule has 5 aromatic carbocycles. The third-order valence-corrected chi connectivity index (χ3v) is 12.0. The first kappa shape index (κ1) is 29.2. The van der Waals surface area contributed by atoms with E-state index < -0.39 is 0 Å². The van der Waals surface area contributed by atoms with Gasteiger partial charge in [-0.05, 0) is 114 Å². The molecule has 0 amide bonds. The van der Waals surface area contributed by atoms with E-state index >= 15 is 0 Å². The van der Waals surface area contributed by atoms with Gasteiger partial charge in [0.25, 0.3) is 0 Å². The molecule has 4 atom stereocenters. The SMILES string of the molecule is C[C@@H]1C[C@@H]2C[C@H](C)CC(c3ccc(-c4nc(-c5ccc6ccccc6c5)nc(-c5ccc6sc7ccc(C#N)cc7c6c5)n4)cc3)(C1)C2. The smallest absolute Gasteiger partial charge is 0.164 e. The average Bonchev–Trinajstić information content (AvgIpc) is 3.48. The molecular weight excluding hydrogens is 605 g/mol. The van der Waals surface area contributed by atoms with Gasteiger partial charge in [-0.1, -0.05) is 74.5 Å². The molecule has 2 fully saturated rings. The van der Waals surface area contributed by atoms with Crippen molar-refractivity contribution in [2.24, 2.45) is 17.8 Å². The highest BCUT2D eigenvalue weighted by atomic mass is 32.1. The van der Waals surface area contributed by atoms with Crippen molar-refractivity contribution >= 4 is 42.3 Å². The van der Waals surface area contributed by atoms with Crippen molar-refractivity contribution in [3.63, 3.8) is 0 Å². The molecule has 9 rings (SSSR count). The van der Waals surface area contributed by atoms with E-state index in [0.29, 0.717) is 23.0 Å². The molecule has 0 radical (unpaired) electrons. The Labute approximate surface area is 285 Å². The Morgan fingerprint density at radius 3 is 1.92 bits per heavy atom. The molecule has 2 bridgehead atoms. The second kappa shape index (κ2) is 11.4. The van der Waals surface area contributed by atoms with Crippen molar-refractivity contribution in [2.75, 3.05) is 0 Å². The lowest BCUT2D eigenvalue weighted by Crippen LogP contribution is -2.42. The summed E-state index contributed by atoms with van der Waals surface area (Å²) in [5.41, 5.74) is 5.33. The lowest BCUT2D eigenvalue weighted by molar-refractivity contribution is 0.0780. The van der Waals surface area contributed by atoms with Crippen LogP contribution in [-0.4, -0.2) is 15.0 Å². The minimum Gasteiger partial charge on any atom is -0.208 e. The number of benzene rings is 5. The Balaban J connectivity index is 1.17. The number of rotatable bonds is 4. The van der Waals surface area contributed by atoms with E-state index in [-0.39, 0.29) is 5.41 Å². The molecule has 234 valence electrons. The van der Waals surface area contributed by atoms with Crippen LogP contribution in [0.5, 0.6) is 0 Å². The van der Waals surface area contributed by atoms with Crippen LogP contribution < -0.4 is 0 Å². The summed E-state index contributed by atoms with van der Waals surface area (Å²) < 4.78 is 2.35. The number of hydrogen-bond acceptors (Lipinski definition) is 5. The lowest BCUT2D eigenvalue weighted by atomic mass is 9.54. The number of hydrogen-bond donors (Lipinski definition) is 0. The highest BCUT2D eigenvalue weighted by Crippen LogP contribution is 2.54. The Morgan fingerprint density at radius 1 is 0.625 bits per heavy atom. The highest BCUT2D eigenvalue weighted by molar-refractivity contribution is 7.25. The monoisotopic (exact) mass is 640 g/mol. The standard InChI is InChI=1S/C43H36N4S/c1-26-17-29-18-27(2)23-43(22-26,24-29)35-13-10-31(11-14-35)40-45-41(33-9-8-30-5-3-4-6-32(30)20-33)47-42(46-40)34-12-16-39-37(21-34)36-19-28(25-44)7-15-38(36)48-39/h3-16,19-21,26-27,29H,17-18,22-24H2,1-2H3/t26-,27+,29-,43?. The normalized spacial score (nSPS) is 22.2. The topological polar surface area (TPSA) is 62.5 Å². The molecule has 1 unspecified atom stereocenters. The van der Waals surface area contributed by atoms with Crippen LogP contribution in [0.2, 0.25) is 0 Å². The first-order chi connectivity index (χ1) is 23.4. The summed E-state index contributed by atoms with van der Waals surface area (Å²) in [4.78, 5) is 15.3. The minimum atomic E-state index is 0.281. The molecule has 2 heterocycles. The van der Waals surface area contributed by atoms with E-state index in [9.17, 15) is 5.26 Å². The molecule has 7 aromatic rings. The summed E-state index contributed by atoms with van der Waals surface area (Å²) in [5.74, 6) is 4.38. The van der Waals surface area contributed by atoms with Crippen molar-refractivity contribution < 1.29 is 0 Å². The van der Waals surface area contributed by atoms with Gasteiger partial charge in [0.05, 0.1) is 11.6 Å². The van der Waals surface area contributed by atoms with Gasteiger partial charge in [0, 0.05) is 36.9 Å². The highest BCUT2D eigenvalue weighted by Gasteiger charge is 2.45. The van der Waals surface area contributed by atoms with Crippen LogP contribution in [0.1, 0.15) is 57.1 Å². The zero-order valence-corrected chi connectivity index (χ0v) is 28.1. The van der Waals surface area contributed by atoms with Gasteiger partial charge < -0.3 is 0 Å². The first-order valence-corrected chi connectivity index (χ1v) is 18.0. The molecule has 2 aromatic heterocycles. The Kier molecular flexibility index (Phi) is 6.92. The number of aromatic nitrogens is 3. The second-order valence-corrected chi connectivity index (χ2v) is 15.6. The van der Waals surface area contributed by atoms with E-state index in [0.717, 1.165) is 50.6 Å². The maximum atomic E-state index is 9.57. The van der Waals surface area contributed by atoms with E-state index in [1.54, 1.807) is 11.3 Å². The maximum absolute atomic E-state index is 9.57. The van der Waals surface area contributed by atoms with Crippen LogP contribution in [0.3, 0.4) is 0 Å². The van der Waals surface area contributed by atoms with Gasteiger partial charge in [-0.15, -0.1) is 11.3 Å². The summed E-state index contributed by atoms with van der Waals surface area (Å²) in [6, 6.07) is 38.7. The Hall–Kier alpha value is -4.92. The molecule has 0 spiro atoms. The van der Waals surface area contributed by atoms with Crippen LogP contribution in [0.25, 0.3) is 65.1 Å². The fourth-order valence-corrected chi connectivity index (χ4v) is 10.2. The van der Waals surface area contributed by atoms with Crippen molar-refractivity contribution in [1.82, 2.24) is 15.0 Å². The third-order valence-electron chi connectivity index (χ3n) is 10.9. The van der Waals surface area contributed by atoms with Crippen molar-refractivity contribution in [3.8, 4) is 40.2 Å². The number of fused-ring (bicyclic) bond motifs is 6. The van der Waals surface area contributed by atoms with Gasteiger partial charge in [0.15, 0.2) is 17.5 Å². The van der Waals surface area contributed by atoms with Gasteiger partial charge in [-0.3, -0.25) is 0 Å². The zero-order chi connectivity index (χ0) is 32.4. The second-order valence-electron chi connectivity index (χ2n) is 14.5. The van der Waals surface area contributed by atoms with Crippen molar-refractivity contribution in [3.05, 3.63) is 114 Å². The molecule has 2 saturated carbocycles. The van der Waals surface area contributed by atoms with Gasteiger partial charge >= 0.3 is 0 Å². The number of thiophene rings is 1. The van der Waals surface area contributed by atoms with Crippen molar-refractivity contribution in [1.29, 1.82) is 5.26 Å². The molecule has 48 heavy (non-hydrogen) atoms. The Bertz CT molecular complexity index is 2380. The molecule has 0 N–H and O–H groups in total. The largest absolute Gasteiger partial charge is 0.208 e. The molecule has 2 aliphatic carbocycles. The van der Waals surface area contributed by atoms with Crippen molar-refractivity contribution in [2.45, 2.75) is 51.4 Å². The third kappa shape index (κ3) is 5.07. The van der Waals surface area contributed by atoms with E-state index in [1.807, 2.05) is 18.2 Å². The van der Waals surface area contributed by atoms with E-state index in [2.05, 4.69) is 105 Å². The van der Waals surface area contributed by atoms with E-state index in [1.165, 1.54) is 52.5 Å². The summed E-state index contributed by atoms with van der Waals surface area (Å²) in [7, 11) is 0.